The number of fused-ring (bicyclic) bond motifs is 1. The predicted octanol–water partition coefficient (Wildman–Crippen LogP) is 1.77. The van der Waals surface area contributed by atoms with E-state index in [2.05, 4.69) is 5.32 Å². The molecule has 1 aromatic carbocycles. The first-order valence-electron chi connectivity index (χ1n) is 4.60. The molecule has 0 aliphatic carbocycles. The smallest absolute Gasteiger partial charge is 0.271 e. The molecule has 0 saturated heterocycles. The quantitative estimate of drug-likeness (QED) is 0.433. The van der Waals surface area contributed by atoms with Gasteiger partial charge in [0.1, 0.15) is 6.29 Å². The van der Waals surface area contributed by atoms with E-state index in [1.165, 1.54) is 12.5 Å². The number of hydrogen-bond acceptors (Lipinski definition) is 4. The average molecular weight is 208 g/mol. The van der Waals surface area contributed by atoms with E-state index >= 15 is 0 Å². The molecule has 0 radical (unpaired) electrons. The molecule has 1 aliphatic heterocycles. The fourth-order valence-electron chi connectivity index (χ4n) is 1.39. The van der Waals surface area contributed by atoms with Gasteiger partial charge < -0.3 is 10.1 Å². The van der Waals surface area contributed by atoms with Crippen LogP contribution < -0.4 is 5.32 Å². The van der Waals surface area contributed by atoms with E-state index in [1.54, 1.807) is 12.1 Å². The summed E-state index contributed by atoms with van der Waals surface area (Å²) < 4.78 is 0. The summed E-state index contributed by atoms with van der Waals surface area (Å²) in [5.74, 6) is 0. The summed E-state index contributed by atoms with van der Waals surface area (Å²) in [7, 11) is 0. The highest BCUT2D eigenvalue weighted by atomic mass is 16.6. The Hall–Kier alpha value is -1.91. The summed E-state index contributed by atoms with van der Waals surface area (Å²) in [6, 6.07) is 4.95. The monoisotopic (exact) mass is 208 g/mol. The summed E-state index contributed by atoms with van der Waals surface area (Å²) in [4.78, 5) is 18.8. The molecule has 0 fully saturated rings. The lowest BCUT2D eigenvalue weighted by molar-refractivity contribution is -0.384. The van der Waals surface area contributed by atoms with Crippen molar-refractivity contribution >= 4 is 17.7 Å². The SMILES string of the molecule is CC=O.O=[N+]([O-])c1ccc2c(c1)NCC2. The van der Waals surface area contributed by atoms with Crippen molar-refractivity contribution in [2.45, 2.75) is 13.3 Å². The van der Waals surface area contributed by atoms with Gasteiger partial charge in [0.25, 0.3) is 5.69 Å². The Balaban J connectivity index is 0.000000337. The van der Waals surface area contributed by atoms with Gasteiger partial charge >= 0.3 is 0 Å². The fourth-order valence-corrected chi connectivity index (χ4v) is 1.39. The number of nitrogens with zero attached hydrogens (tertiary/aromatic N) is 1. The van der Waals surface area contributed by atoms with Crippen molar-refractivity contribution in [1.82, 2.24) is 0 Å². The highest BCUT2D eigenvalue weighted by Crippen LogP contribution is 2.26. The number of carbonyl (C=O) groups excluding carboxylic acids is 1. The predicted molar refractivity (Wildman–Crippen MR) is 57.0 cm³/mol. The minimum atomic E-state index is -0.375. The van der Waals surface area contributed by atoms with Gasteiger partial charge in [0.15, 0.2) is 0 Å². The van der Waals surface area contributed by atoms with Gasteiger partial charge in [0.05, 0.1) is 4.92 Å². The first kappa shape index (κ1) is 11.2. The van der Waals surface area contributed by atoms with E-state index in [1.807, 2.05) is 6.07 Å². The molecule has 2 rings (SSSR count). The van der Waals surface area contributed by atoms with Crippen LogP contribution in [0.4, 0.5) is 11.4 Å². The fraction of sp³-hybridized carbons (Fsp3) is 0.300. The Kier molecular flexibility index (Phi) is 3.79. The average Bonchev–Trinajstić information content (AvgIpc) is 2.65. The van der Waals surface area contributed by atoms with E-state index < -0.39 is 0 Å². The number of anilines is 1. The van der Waals surface area contributed by atoms with Gasteiger partial charge in [0.2, 0.25) is 0 Å². The van der Waals surface area contributed by atoms with Gasteiger partial charge in [-0.2, -0.15) is 0 Å². The molecule has 0 aromatic heterocycles. The molecule has 1 N–H and O–H groups in total. The zero-order valence-electron chi connectivity index (χ0n) is 8.40. The van der Waals surface area contributed by atoms with E-state index in [-0.39, 0.29) is 10.6 Å². The highest BCUT2D eigenvalue weighted by molar-refractivity contribution is 5.60. The summed E-state index contributed by atoms with van der Waals surface area (Å²) in [6.45, 7) is 2.33. The van der Waals surface area contributed by atoms with Crippen LogP contribution in [0.3, 0.4) is 0 Å². The third kappa shape index (κ3) is 2.77. The largest absolute Gasteiger partial charge is 0.384 e. The summed E-state index contributed by atoms with van der Waals surface area (Å²) in [5, 5.41) is 13.5. The zero-order valence-corrected chi connectivity index (χ0v) is 8.40. The van der Waals surface area contributed by atoms with Gasteiger partial charge in [-0.15, -0.1) is 0 Å². The van der Waals surface area contributed by atoms with Crippen LogP contribution in [0.2, 0.25) is 0 Å². The van der Waals surface area contributed by atoms with E-state index in [4.69, 9.17) is 4.79 Å². The Labute approximate surface area is 87.3 Å². The number of hydrogen-bond donors (Lipinski definition) is 1. The lowest BCUT2D eigenvalue weighted by Gasteiger charge is -1.97. The summed E-state index contributed by atoms with van der Waals surface area (Å²) in [5.41, 5.74) is 2.23. The number of nitrogens with one attached hydrogen (secondary N) is 1. The van der Waals surface area contributed by atoms with Crippen LogP contribution in [0, 0.1) is 10.1 Å². The molecule has 5 nitrogen and oxygen atoms in total. The number of carbonyl (C=O) groups is 1. The molecule has 1 heterocycles. The van der Waals surface area contributed by atoms with Gasteiger partial charge in [-0.05, 0) is 18.9 Å². The van der Waals surface area contributed by atoms with Crippen molar-refractivity contribution < 1.29 is 9.72 Å². The summed E-state index contributed by atoms with van der Waals surface area (Å²) in [6.07, 6.45) is 1.72. The lowest BCUT2D eigenvalue weighted by atomic mass is 10.1. The molecule has 0 atom stereocenters. The maximum absolute atomic E-state index is 10.4. The molecular formula is C10H12N2O3. The third-order valence-corrected chi connectivity index (χ3v) is 2.01. The number of nitro benzene ring substituents is 1. The molecule has 0 bridgehead atoms. The Morgan fingerprint density at radius 1 is 1.53 bits per heavy atom. The van der Waals surface area contributed by atoms with Gasteiger partial charge in [-0.25, -0.2) is 0 Å². The highest BCUT2D eigenvalue weighted by Gasteiger charge is 2.13. The van der Waals surface area contributed by atoms with Crippen molar-refractivity contribution in [1.29, 1.82) is 0 Å². The summed E-state index contributed by atoms with van der Waals surface area (Å²) >= 11 is 0. The second kappa shape index (κ2) is 5.09. The van der Waals surface area contributed by atoms with E-state index in [9.17, 15) is 10.1 Å². The second-order valence-electron chi connectivity index (χ2n) is 3.01. The molecule has 1 aromatic rings. The van der Waals surface area contributed by atoms with Crippen LogP contribution in [0.15, 0.2) is 18.2 Å². The Morgan fingerprint density at radius 2 is 2.20 bits per heavy atom. The van der Waals surface area contributed by atoms with Crippen LogP contribution in [0.1, 0.15) is 12.5 Å². The standard InChI is InChI=1S/C8H8N2O2.C2H4O/c11-10(12)7-2-1-6-3-4-9-8(6)5-7;1-2-3/h1-2,5,9H,3-4H2;2H,1H3. The maximum Gasteiger partial charge on any atom is 0.271 e. The Bertz CT molecular complexity index is 377. The molecule has 0 unspecified atom stereocenters. The molecule has 80 valence electrons. The lowest BCUT2D eigenvalue weighted by Crippen LogP contribution is -1.92. The molecule has 0 spiro atoms. The van der Waals surface area contributed by atoms with Crippen LogP contribution in [0.5, 0.6) is 0 Å². The van der Waals surface area contributed by atoms with Crippen LogP contribution in [0.25, 0.3) is 0 Å². The number of rotatable bonds is 1. The van der Waals surface area contributed by atoms with Crippen molar-refractivity contribution in [3.8, 4) is 0 Å². The first-order valence-corrected chi connectivity index (χ1v) is 4.60. The van der Waals surface area contributed by atoms with Crippen molar-refractivity contribution in [2.75, 3.05) is 11.9 Å². The first-order chi connectivity index (χ1) is 7.19. The van der Waals surface area contributed by atoms with Crippen LogP contribution in [-0.4, -0.2) is 17.8 Å². The molecule has 0 saturated carbocycles. The number of nitro groups is 1. The molecule has 0 amide bonds. The van der Waals surface area contributed by atoms with Gasteiger partial charge in [-0.1, -0.05) is 6.07 Å². The molecule has 1 aliphatic rings. The molecule has 5 heteroatoms. The third-order valence-electron chi connectivity index (χ3n) is 2.01. The Morgan fingerprint density at radius 3 is 2.80 bits per heavy atom. The number of aldehydes is 1. The van der Waals surface area contributed by atoms with Crippen molar-refractivity contribution in [3.05, 3.63) is 33.9 Å². The van der Waals surface area contributed by atoms with Crippen molar-refractivity contribution in [3.63, 3.8) is 0 Å². The van der Waals surface area contributed by atoms with E-state index in [0.29, 0.717) is 0 Å². The van der Waals surface area contributed by atoms with Gasteiger partial charge in [-0.3, -0.25) is 10.1 Å². The maximum atomic E-state index is 10.4. The molecule has 15 heavy (non-hydrogen) atoms. The normalized spacial score (nSPS) is 11.8. The topological polar surface area (TPSA) is 72.2 Å². The minimum absolute atomic E-state index is 0.156. The van der Waals surface area contributed by atoms with E-state index in [0.717, 1.165) is 24.9 Å². The van der Waals surface area contributed by atoms with Gasteiger partial charge in [0, 0.05) is 24.4 Å². The molecular weight excluding hydrogens is 196 g/mol. The second-order valence-corrected chi connectivity index (χ2v) is 3.01. The minimum Gasteiger partial charge on any atom is -0.384 e. The van der Waals surface area contributed by atoms with Crippen molar-refractivity contribution in [2.24, 2.45) is 0 Å². The number of benzene rings is 1. The zero-order chi connectivity index (χ0) is 11.3. The van der Waals surface area contributed by atoms with Crippen LogP contribution >= 0.6 is 0 Å². The van der Waals surface area contributed by atoms with Crippen LogP contribution in [-0.2, 0) is 11.2 Å². The number of non-ortho nitro benzene ring substituents is 1.